The summed E-state index contributed by atoms with van der Waals surface area (Å²) in [6, 6.07) is 10.5. The number of nitrogens with zero attached hydrogens (tertiary/aromatic N) is 1. The lowest BCUT2D eigenvalue weighted by Gasteiger charge is -2.15. The van der Waals surface area contributed by atoms with Gasteiger partial charge in [0.1, 0.15) is 0 Å². The Labute approximate surface area is 141 Å². The van der Waals surface area contributed by atoms with Crippen molar-refractivity contribution < 1.29 is 9.59 Å². The van der Waals surface area contributed by atoms with Crippen LogP contribution in [0.1, 0.15) is 11.8 Å². The summed E-state index contributed by atoms with van der Waals surface area (Å²) >= 11 is 8.85. The molecule has 3 nitrogen and oxygen atoms in total. The molecule has 2 amide bonds. The molecule has 0 aliphatic carbocycles. The molecule has 1 aliphatic heterocycles. The molecule has 0 saturated heterocycles. The smallest absolute Gasteiger partial charge is 0.268 e. The summed E-state index contributed by atoms with van der Waals surface area (Å²) in [6.45, 7) is 1.96. The summed E-state index contributed by atoms with van der Waals surface area (Å²) in [4.78, 5) is 28.1. The van der Waals surface area contributed by atoms with E-state index in [-0.39, 0.29) is 11.8 Å². The Hall–Kier alpha value is -1.56. The van der Waals surface area contributed by atoms with Gasteiger partial charge in [0.2, 0.25) is 0 Å². The van der Waals surface area contributed by atoms with E-state index in [0.717, 1.165) is 10.6 Å². The van der Waals surface area contributed by atoms with Crippen molar-refractivity contribution in [3.63, 3.8) is 0 Å². The number of hydrogen-bond acceptors (Lipinski definition) is 4. The third kappa shape index (κ3) is 2.60. The number of carbonyl (C=O) groups excluding carboxylic acids is 2. The van der Waals surface area contributed by atoms with Gasteiger partial charge in [-0.05, 0) is 35.4 Å². The van der Waals surface area contributed by atoms with Crippen molar-refractivity contribution in [2.75, 3.05) is 10.7 Å². The van der Waals surface area contributed by atoms with E-state index in [1.54, 1.807) is 24.3 Å². The van der Waals surface area contributed by atoms with E-state index in [1.165, 1.54) is 28.0 Å². The number of carbonyl (C=O) groups is 2. The zero-order valence-electron chi connectivity index (χ0n) is 11.7. The van der Waals surface area contributed by atoms with Crippen LogP contribution in [0.25, 0.3) is 5.57 Å². The second kappa shape index (κ2) is 6.28. The summed E-state index contributed by atoms with van der Waals surface area (Å²) in [5, 5.41) is 2.39. The van der Waals surface area contributed by atoms with Gasteiger partial charge in [-0.25, -0.2) is 4.90 Å². The van der Waals surface area contributed by atoms with E-state index in [1.807, 2.05) is 24.4 Å². The molecule has 0 bridgehead atoms. The highest BCUT2D eigenvalue weighted by Crippen LogP contribution is 2.39. The van der Waals surface area contributed by atoms with E-state index in [0.29, 0.717) is 21.2 Å². The van der Waals surface area contributed by atoms with Crippen LogP contribution in [0.15, 0.2) is 46.7 Å². The Kier molecular flexibility index (Phi) is 4.38. The summed E-state index contributed by atoms with van der Waals surface area (Å²) in [5.74, 6) is 0.167. The second-order valence-corrected chi connectivity index (χ2v) is 7.20. The SMILES string of the molecule is CCSC1=C(c2cccs2)C(=O)N(c2cccc(Cl)c2)C1=O. The topological polar surface area (TPSA) is 37.4 Å². The summed E-state index contributed by atoms with van der Waals surface area (Å²) in [7, 11) is 0. The first-order valence-electron chi connectivity index (χ1n) is 6.68. The molecule has 1 aromatic heterocycles. The minimum atomic E-state index is -0.286. The van der Waals surface area contributed by atoms with E-state index < -0.39 is 0 Å². The van der Waals surface area contributed by atoms with Gasteiger partial charge in [-0.3, -0.25) is 9.59 Å². The van der Waals surface area contributed by atoms with Crippen LogP contribution >= 0.6 is 34.7 Å². The van der Waals surface area contributed by atoms with Crippen LogP contribution in [0, 0.1) is 0 Å². The van der Waals surface area contributed by atoms with Crippen molar-refractivity contribution in [2.45, 2.75) is 6.92 Å². The Balaban J connectivity index is 2.08. The molecule has 3 rings (SSSR count). The maximum absolute atomic E-state index is 12.8. The number of benzene rings is 1. The Morgan fingerprint density at radius 2 is 2.00 bits per heavy atom. The lowest BCUT2D eigenvalue weighted by atomic mass is 10.2. The van der Waals surface area contributed by atoms with Gasteiger partial charge in [-0.1, -0.05) is 30.7 Å². The molecule has 6 heteroatoms. The number of imide groups is 1. The van der Waals surface area contributed by atoms with Crippen molar-refractivity contribution in [3.05, 3.63) is 56.6 Å². The average molecular weight is 350 g/mol. The van der Waals surface area contributed by atoms with Crippen LogP contribution in [0.2, 0.25) is 5.02 Å². The van der Waals surface area contributed by atoms with Crippen molar-refractivity contribution in [1.82, 2.24) is 0 Å². The van der Waals surface area contributed by atoms with Crippen LogP contribution in [0.4, 0.5) is 5.69 Å². The molecule has 112 valence electrons. The highest BCUT2D eigenvalue weighted by atomic mass is 35.5. The molecule has 0 atom stereocenters. The summed E-state index contributed by atoms with van der Waals surface area (Å²) in [5.41, 5.74) is 0.995. The first-order valence-corrected chi connectivity index (χ1v) is 8.93. The van der Waals surface area contributed by atoms with Crippen molar-refractivity contribution in [3.8, 4) is 0 Å². The van der Waals surface area contributed by atoms with Gasteiger partial charge in [-0.2, -0.15) is 0 Å². The van der Waals surface area contributed by atoms with Crippen LogP contribution < -0.4 is 4.90 Å². The molecule has 22 heavy (non-hydrogen) atoms. The molecule has 2 aromatic rings. The molecule has 0 radical (unpaired) electrons. The third-order valence-electron chi connectivity index (χ3n) is 3.16. The Morgan fingerprint density at radius 3 is 2.64 bits per heavy atom. The Bertz CT molecular complexity index is 768. The lowest BCUT2D eigenvalue weighted by Crippen LogP contribution is -2.31. The van der Waals surface area contributed by atoms with Crippen LogP contribution in [-0.2, 0) is 9.59 Å². The van der Waals surface area contributed by atoms with Gasteiger partial charge >= 0.3 is 0 Å². The number of rotatable bonds is 4. The Morgan fingerprint density at radius 1 is 1.18 bits per heavy atom. The van der Waals surface area contributed by atoms with Gasteiger partial charge in [0.25, 0.3) is 11.8 Å². The zero-order chi connectivity index (χ0) is 15.7. The summed E-state index contributed by atoms with van der Waals surface area (Å²) < 4.78 is 0. The van der Waals surface area contributed by atoms with Crippen LogP contribution in [0.3, 0.4) is 0 Å². The highest BCUT2D eigenvalue weighted by Gasteiger charge is 2.40. The fraction of sp³-hybridized carbons (Fsp3) is 0.125. The predicted octanol–water partition coefficient (Wildman–Crippen LogP) is 4.44. The maximum Gasteiger partial charge on any atom is 0.272 e. The normalized spacial score (nSPS) is 15.1. The fourth-order valence-corrected chi connectivity index (χ4v) is 4.14. The molecule has 0 saturated carbocycles. The fourth-order valence-electron chi connectivity index (χ4n) is 2.28. The van der Waals surface area contributed by atoms with Gasteiger partial charge in [0.15, 0.2) is 0 Å². The van der Waals surface area contributed by atoms with E-state index in [2.05, 4.69) is 0 Å². The minimum Gasteiger partial charge on any atom is -0.268 e. The number of thioether (sulfide) groups is 1. The number of amides is 2. The predicted molar refractivity (Wildman–Crippen MR) is 93.3 cm³/mol. The van der Waals surface area contributed by atoms with Crippen molar-refractivity contribution >= 4 is 57.8 Å². The van der Waals surface area contributed by atoms with E-state index in [9.17, 15) is 9.59 Å². The number of anilines is 1. The first-order chi connectivity index (χ1) is 10.6. The molecule has 0 unspecified atom stereocenters. The third-order valence-corrected chi connectivity index (χ3v) is 5.24. The monoisotopic (exact) mass is 349 g/mol. The molecular weight excluding hydrogens is 338 g/mol. The van der Waals surface area contributed by atoms with E-state index in [4.69, 9.17) is 11.6 Å². The molecule has 1 aromatic carbocycles. The number of hydrogen-bond donors (Lipinski definition) is 0. The van der Waals surface area contributed by atoms with Crippen molar-refractivity contribution in [2.24, 2.45) is 0 Å². The average Bonchev–Trinajstić information content (AvgIpc) is 3.07. The molecule has 0 fully saturated rings. The summed E-state index contributed by atoms with van der Waals surface area (Å²) in [6.07, 6.45) is 0. The molecule has 2 heterocycles. The van der Waals surface area contributed by atoms with Gasteiger partial charge < -0.3 is 0 Å². The van der Waals surface area contributed by atoms with Crippen molar-refractivity contribution in [1.29, 1.82) is 0 Å². The van der Waals surface area contributed by atoms with Gasteiger partial charge in [-0.15, -0.1) is 23.1 Å². The van der Waals surface area contributed by atoms with Crippen LogP contribution in [0.5, 0.6) is 0 Å². The molecule has 1 aliphatic rings. The quantitative estimate of drug-likeness (QED) is 0.766. The first kappa shape index (κ1) is 15.3. The zero-order valence-corrected chi connectivity index (χ0v) is 14.1. The minimum absolute atomic E-state index is 0.275. The van der Waals surface area contributed by atoms with Gasteiger partial charge in [0.05, 0.1) is 16.2 Å². The van der Waals surface area contributed by atoms with Gasteiger partial charge in [0, 0.05) is 9.90 Å². The standard InChI is InChI=1S/C16H12ClNO2S2/c1-2-21-14-13(12-7-4-8-22-12)15(19)18(16(14)20)11-6-3-5-10(17)9-11/h3-9H,2H2,1H3. The largest absolute Gasteiger partial charge is 0.272 e. The van der Waals surface area contributed by atoms with Crippen LogP contribution in [-0.4, -0.2) is 17.6 Å². The highest BCUT2D eigenvalue weighted by molar-refractivity contribution is 8.04. The second-order valence-electron chi connectivity index (χ2n) is 4.54. The van der Waals surface area contributed by atoms with E-state index >= 15 is 0 Å². The lowest BCUT2D eigenvalue weighted by molar-refractivity contribution is -0.119. The molecule has 0 spiro atoms. The number of thiophene rings is 1. The molecule has 0 N–H and O–H groups in total. The number of halogens is 1. The molecular formula is C16H12ClNO2S2. The maximum atomic E-state index is 12.8.